The minimum absolute atomic E-state index is 0.102. The summed E-state index contributed by atoms with van der Waals surface area (Å²) < 4.78 is 12.1. The Bertz CT molecular complexity index is 812. The lowest BCUT2D eigenvalue weighted by Crippen LogP contribution is -2.16. The van der Waals surface area contributed by atoms with Crippen molar-refractivity contribution in [3.8, 4) is 11.4 Å². The number of carbonyl (C=O) groups excluding carboxylic acids is 1. The molecule has 0 spiro atoms. The lowest BCUT2D eigenvalue weighted by Gasteiger charge is -2.20. The fourth-order valence-electron chi connectivity index (χ4n) is 2.88. The number of carbonyl (C=O) groups is 1. The van der Waals surface area contributed by atoms with Gasteiger partial charge in [0.1, 0.15) is 6.33 Å². The number of esters is 1. The van der Waals surface area contributed by atoms with Gasteiger partial charge in [-0.1, -0.05) is 0 Å². The fourth-order valence-corrected chi connectivity index (χ4v) is 2.88. The van der Waals surface area contributed by atoms with E-state index in [1.54, 1.807) is 24.5 Å². The average Bonchev–Trinajstić information content (AvgIpc) is 2.99. The number of aryl methyl sites for hydroxylation is 1. The van der Waals surface area contributed by atoms with Crippen LogP contribution in [-0.2, 0) is 17.6 Å². The third-order valence-corrected chi connectivity index (χ3v) is 3.88. The molecule has 24 heavy (non-hydrogen) atoms. The van der Waals surface area contributed by atoms with Crippen LogP contribution in [0.3, 0.4) is 0 Å². The second-order valence-corrected chi connectivity index (χ2v) is 5.27. The van der Waals surface area contributed by atoms with Crippen LogP contribution >= 0.6 is 0 Å². The zero-order valence-electron chi connectivity index (χ0n) is 13.4. The molecule has 1 aliphatic rings. The van der Waals surface area contributed by atoms with E-state index in [9.17, 15) is 14.9 Å². The van der Waals surface area contributed by atoms with E-state index in [-0.39, 0.29) is 23.7 Å². The Kier molecular flexibility index (Phi) is 4.20. The third kappa shape index (κ3) is 2.60. The van der Waals surface area contributed by atoms with Crippen molar-refractivity contribution in [2.45, 2.75) is 26.7 Å². The predicted molar refractivity (Wildman–Crippen MR) is 84.8 cm³/mol. The van der Waals surface area contributed by atoms with Crippen LogP contribution in [0.15, 0.2) is 18.5 Å². The largest absolute Gasteiger partial charge is 0.487 e. The number of rotatable bonds is 5. The van der Waals surface area contributed by atoms with E-state index >= 15 is 0 Å². The molecule has 8 nitrogen and oxygen atoms in total. The van der Waals surface area contributed by atoms with Gasteiger partial charge in [-0.3, -0.25) is 10.1 Å². The lowest BCUT2D eigenvalue weighted by atomic mass is 9.99. The summed E-state index contributed by atoms with van der Waals surface area (Å²) >= 11 is 0. The molecule has 0 atom stereocenters. The molecule has 0 saturated carbocycles. The molecule has 2 heterocycles. The maximum Gasteiger partial charge on any atom is 0.358 e. The highest BCUT2D eigenvalue weighted by atomic mass is 16.6. The minimum Gasteiger partial charge on any atom is -0.487 e. The third-order valence-electron chi connectivity index (χ3n) is 3.88. The summed E-state index contributed by atoms with van der Waals surface area (Å²) in [4.78, 5) is 27.0. The van der Waals surface area contributed by atoms with Crippen molar-refractivity contribution in [1.29, 1.82) is 0 Å². The quantitative estimate of drug-likeness (QED) is 0.474. The monoisotopic (exact) mass is 331 g/mol. The van der Waals surface area contributed by atoms with Gasteiger partial charge in [0.05, 0.1) is 29.5 Å². The summed E-state index contributed by atoms with van der Waals surface area (Å²) in [5.74, 6) is -0.217. The van der Waals surface area contributed by atoms with E-state index < -0.39 is 10.9 Å². The second kappa shape index (κ2) is 6.31. The van der Waals surface area contributed by atoms with Gasteiger partial charge in [-0.2, -0.15) is 0 Å². The van der Waals surface area contributed by atoms with Crippen LogP contribution < -0.4 is 4.74 Å². The van der Waals surface area contributed by atoms with Gasteiger partial charge in [0, 0.05) is 6.07 Å². The van der Waals surface area contributed by atoms with E-state index in [1.807, 2.05) is 0 Å². The Hall–Kier alpha value is -2.90. The summed E-state index contributed by atoms with van der Waals surface area (Å²) in [5.41, 5.74) is 2.44. The molecular formula is C16H17N3O5. The van der Waals surface area contributed by atoms with E-state index in [2.05, 4.69) is 4.98 Å². The van der Waals surface area contributed by atoms with Crippen LogP contribution in [-0.4, -0.2) is 33.7 Å². The Morgan fingerprint density at radius 2 is 2.12 bits per heavy atom. The van der Waals surface area contributed by atoms with Crippen molar-refractivity contribution in [3.63, 3.8) is 0 Å². The zero-order valence-corrected chi connectivity index (χ0v) is 13.4. The molecule has 2 aromatic rings. The Morgan fingerprint density at radius 1 is 1.33 bits per heavy atom. The summed E-state index contributed by atoms with van der Waals surface area (Å²) in [6, 6.07) is 3.17. The van der Waals surface area contributed by atoms with Gasteiger partial charge in [0.2, 0.25) is 0 Å². The molecule has 0 aliphatic carbocycles. The number of hydrogen-bond acceptors (Lipinski definition) is 6. The Balaban J connectivity index is 2.10. The maximum absolute atomic E-state index is 12.0. The van der Waals surface area contributed by atoms with Crippen molar-refractivity contribution in [2.75, 3.05) is 13.2 Å². The number of benzene rings is 1. The highest BCUT2D eigenvalue weighted by molar-refractivity contribution is 5.89. The van der Waals surface area contributed by atoms with Crippen molar-refractivity contribution < 1.29 is 19.2 Å². The number of imidazole rings is 1. The van der Waals surface area contributed by atoms with Crippen LogP contribution in [0, 0.1) is 10.1 Å². The highest BCUT2D eigenvalue weighted by Crippen LogP contribution is 2.36. The lowest BCUT2D eigenvalue weighted by molar-refractivity contribution is -0.385. The number of fused-ring (bicyclic) bond motifs is 3. The van der Waals surface area contributed by atoms with Crippen LogP contribution in [0.1, 0.15) is 35.6 Å². The molecule has 0 N–H and O–H groups in total. The normalized spacial score (nSPS) is 12.2. The van der Waals surface area contributed by atoms with Crippen LogP contribution in [0.2, 0.25) is 0 Å². The maximum atomic E-state index is 12.0. The summed E-state index contributed by atoms with van der Waals surface area (Å²) in [6.45, 7) is 4.13. The smallest absolute Gasteiger partial charge is 0.358 e. The summed E-state index contributed by atoms with van der Waals surface area (Å²) in [6.07, 6.45) is 2.75. The zero-order chi connectivity index (χ0) is 17.3. The molecule has 0 radical (unpaired) electrons. The van der Waals surface area contributed by atoms with E-state index in [1.165, 1.54) is 12.4 Å². The SMILES string of the molecule is CCOC(=O)c1ncn2c1CCc1cc(OCC)c([N+](=O)[O-])cc1-2. The molecular weight excluding hydrogens is 314 g/mol. The van der Waals surface area contributed by atoms with Gasteiger partial charge in [-0.15, -0.1) is 0 Å². The van der Waals surface area contributed by atoms with Crippen molar-refractivity contribution in [1.82, 2.24) is 9.55 Å². The van der Waals surface area contributed by atoms with E-state index in [0.717, 1.165) is 5.56 Å². The van der Waals surface area contributed by atoms with Gasteiger partial charge in [-0.25, -0.2) is 9.78 Å². The van der Waals surface area contributed by atoms with Crippen LogP contribution in [0.5, 0.6) is 5.75 Å². The molecule has 0 fully saturated rings. The van der Waals surface area contributed by atoms with Gasteiger partial charge >= 0.3 is 11.7 Å². The minimum atomic E-state index is -0.477. The van der Waals surface area contributed by atoms with E-state index in [4.69, 9.17) is 9.47 Å². The molecule has 0 saturated heterocycles. The molecule has 126 valence electrons. The van der Waals surface area contributed by atoms with Crippen molar-refractivity contribution >= 4 is 11.7 Å². The van der Waals surface area contributed by atoms with Crippen LogP contribution in [0.25, 0.3) is 5.69 Å². The van der Waals surface area contributed by atoms with Gasteiger partial charge in [0.25, 0.3) is 0 Å². The van der Waals surface area contributed by atoms with Gasteiger partial charge in [-0.05, 0) is 38.3 Å². The van der Waals surface area contributed by atoms with E-state index in [0.29, 0.717) is 30.8 Å². The molecule has 1 aliphatic heterocycles. The molecule has 0 unspecified atom stereocenters. The Morgan fingerprint density at radius 3 is 2.79 bits per heavy atom. The first kappa shape index (κ1) is 16.0. The summed E-state index contributed by atoms with van der Waals surface area (Å²) in [5, 5.41) is 11.3. The first-order valence-corrected chi connectivity index (χ1v) is 7.74. The number of nitro groups is 1. The molecule has 8 heteroatoms. The highest BCUT2D eigenvalue weighted by Gasteiger charge is 2.28. The second-order valence-electron chi connectivity index (χ2n) is 5.27. The molecule has 3 rings (SSSR count). The van der Waals surface area contributed by atoms with Crippen molar-refractivity contribution in [3.05, 3.63) is 45.5 Å². The first-order valence-electron chi connectivity index (χ1n) is 7.74. The number of hydrogen-bond donors (Lipinski definition) is 0. The van der Waals surface area contributed by atoms with Crippen molar-refractivity contribution in [2.24, 2.45) is 0 Å². The molecule has 0 amide bonds. The van der Waals surface area contributed by atoms with Gasteiger partial charge < -0.3 is 14.0 Å². The molecule has 1 aromatic carbocycles. The van der Waals surface area contributed by atoms with Crippen LogP contribution in [0.4, 0.5) is 5.69 Å². The molecule has 1 aromatic heterocycles. The standard InChI is InChI=1S/C16H17N3O5/c1-3-23-14-7-10-5-6-11-15(16(20)24-4-2)17-9-18(11)12(10)8-13(14)19(21)22/h7-9H,3-6H2,1-2H3. The summed E-state index contributed by atoms with van der Waals surface area (Å²) in [7, 11) is 0. The Labute approximate surface area is 138 Å². The number of nitro benzene ring substituents is 1. The fraction of sp³-hybridized carbons (Fsp3) is 0.375. The molecule has 0 bridgehead atoms. The number of ether oxygens (including phenoxy) is 2. The predicted octanol–water partition coefficient (Wildman–Crippen LogP) is 2.45. The number of aromatic nitrogens is 2. The first-order chi connectivity index (χ1) is 11.6. The average molecular weight is 331 g/mol. The van der Waals surface area contributed by atoms with Gasteiger partial charge in [0.15, 0.2) is 11.4 Å². The number of nitrogens with zero attached hydrogens (tertiary/aromatic N) is 3. The topological polar surface area (TPSA) is 96.5 Å².